The van der Waals surface area contributed by atoms with Crippen LogP contribution in [0.25, 0.3) is 5.76 Å². The van der Waals surface area contributed by atoms with Crippen LogP contribution in [0, 0.1) is 0 Å². The number of hydrogen-bond donors (Lipinski definition) is 1. The lowest BCUT2D eigenvalue weighted by molar-refractivity contribution is -0.132. The van der Waals surface area contributed by atoms with Crippen molar-refractivity contribution in [3.63, 3.8) is 0 Å². The van der Waals surface area contributed by atoms with Gasteiger partial charge in [0.1, 0.15) is 11.5 Å². The van der Waals surface area contributed by atoms with Crippen molar-refractivity contribution in [1.82, 2.24) is 10.2 Å². The number of aromatic nitrogens is 2. The summed E-state index contributed by atoms with van der Waals surface area (Å²) in [5.74, 6) is -0.503. The van der Waals surface area contributed by atoms with Gasteiger partial charge in [-0.2, -0.15) is 0 Å². The largest absolute Gasteiger partial charge is 0.507 e. The zero-order chi connectivity index (χ0) is 28.1. The van der Waals surface area contributed by atoms with E-state index in [-0.39, 0.29) is 16.5 Å². The Kier molecular flexibility index (Phi) is 8.84. The topological polar surface area (TPSA) is 92.6 Å². The fourth-order valence-corrected chi connectivity index (χ4v) is 6.22. The molecule has 0 spiro atoms. The number of thioether (sulfide) groups is 1. The highest BCUT2D eigenvalue weighted by Crippen LogP contribution is 2.44. The minimum atomic E-state index is -0.905. The third-order valence-electron chi connectivity index (χ3n) is 6.33. The van der Waals surface area contributed by atoms with Crippen molar-refractivity contribution < 1.29 is 19.4 Å². The Morgan fingerprint density at radius 2 is 1.75 bits per heavy atom. The summed E-state index contributed by atoms with van der Waals surface area (Å²) in [6, 6.07) is 22.7. The summed E-state index contributed by atoms with van der Waals surface area (Å²) in [5.41, 5.74) is 2.11. The summed E-state index contributed by atoms with van der Waals surface area (Å²) in [6.45, 7) is 2.68. The predicted octanol–water partition coefficient (Wildman–Crippen LogP) is 7.29. The van der Waals surface area contributed by atoms with Crippen LogP contribution < -0.4 is 9.64 Å². The summed E-state index contributed by atoms with van der Waals surface area (Å²) in [4.78, 5) is 28.1. The van der Waals surface area contributed by atoms with E-state index in [0.717, 1.165) is 18.4 Å². The summed E-state index contributed by atoms with van der Waals surface area (Å²) in [5, 5.41) is 20.7. The molecule has 7 nitrogen and oxygen atoms in total. The number of rotatable bonds is 10. The van der Waals surface area contributed by atoms with Crippen LogP contribution in [0.4, 0.5) is 5.13 Å². The third kappa shape index (κ3) is 6.06. The Morgan fingerprint density at radius 3 is 2.45 bits per heavy atom. The van der Waals surface area contributed by atoms with Gasteiger partial charge in [0.05, 0.1) is 18.2 Å². The minimum absolute atomic E-state index is 0.0272. The molecule has 2 heterocycles. The van der Waals surface area contributed by atoms with Crippen molar-refractivity contribution >= 4 is 57.3 Å². The Labute approximate surface area is 245 Å². The van der Waals surface area contributed by atoms with Gasteiger partial charge in [-0.25, -0.2) is 0 Å². The molecule has 1 saturated heterocycles. The van der Waals surface area contributed by atoms with E-state index in [1.807, 2.05) is 30.3 Å². The van der Waals surface area contributed by atoms with E-state index in [1.54, 1.807) is 48.5 Å². The summed E-state index contributed by atoms with van der Waals surface area (Å²) >= 11 is 8.85. The molecule has 0 unspecified atom stereocenters. The maximum atomic E-state index is 13.4. The molecule has 0 bridgehead atoms. The van der Waals surface area contributed by atoms with Crippen LogP contribution in [-0.4, -0.2) is 33.6 Å². The number of benzene rings is 3. The Morgan fingerprint density at radius 1 is 1.02 bits per heavy atom. The highest BCUT2D eigenvalue weighted by molar-refractivity contribution is 8.00. The second kappa shape index (κ2) is 12.7. The molecule has 1 atom stereocenters. The standard InChI is InChI=1S/C30H26ClN3O4S2/c1-2-3-17-38-23-15-11-21(12-16-23)26(35)24-25(20-9-13-22(31)14-10-20)34(28(37)27(24)36)29-32-33-30(40-29)39-18-19-7-5-4-6-8-19/h4-16,25,35H,2-3,17-18H2,1H3/t25-/m1/s1. The SMILES string of the molecule is CCCCOc1ccc(C(O)=C2C(=O)C(=O)N(c3nnc(SCc4ccccc4)s3)[C@@H]2c2ccc(Cl)cc2)cc1. The fraction of sp³-hybridized carbons (Fsp3) is 0.200. The molecule has 10 heteroatoms. The van der Waals surface area contributed by atoms with Gasteiger partial charge in [-0.15, -0.1) is 10.2 Å². The highest BCUT2D eigenvalue weighted by Gasteiger charge is 2.48. The van der Waals surface area contributed by atoms with Crippen LogP contribution in [0.2, 0.25) is 5.02 Å². The monoisotopic (exact) mass is 591 g/mol. The van der Waals surface area contributed by atoms with Crippen LogP contribution in [0.3, 0.4) is 0 Å². The van der Waals surface area contributed by atoms with Gasteiger partial charge in [0.15, 0.2) is 4.34 Å². The summed E-state index contributed by atoms with van der Waals surface area (Å²) in [6.07, 6.45) is 1.95. The number of aliphatic hydroxyl groups excluding tert-OH is 1. The first kappa shape index (κ1) is 27.9. The molecule has 1 aliphatic heterocycles. The van der Waals surface area contributed by atoms with Crippen molar-refractivity contribution in [2.24, 2.45) is 0 Å². The minimum Gasteiger partial charge on any atom is -0.507 e. The number of carbonyl (C=O) groups is 2. The van der Waals surface area contributed by atoms with Gasteiger partial charge in [0, 0.05) is 16.3 Å². The predicted molar refractivity (Wildman–Crippen MR) is 159 cm³/mol. The molecular weight excluding hydrogens is 566 g/mol. The van der Waals surface area contributed by atoms with Crippen LogP contribution in [-0.2, 0) is 15.3 Å². The molecule has 1 amide bonds. The number of halogens is 1. The van der Waals surface area contributed by atoms with Gasteiger partial charge >= 0.3 is 5.91 Å². The Bertz CT molecular complexity index is 1520. The van der Waals surface area contributed by atoms with Crippen LogP contribution in [0.5, 0.6) is 5.75 Å². The number of ether oxygens (including phenoxy) is 1. The number of carbonyl (C=O) groups excluding carboxylic acids is 2. The smallest absolute Gasteiger partial charge is 0.301 e. The number of ketones is 1. The molecule has 0 aliphatic carbocycles. The molecule has 5 rings (SSSR count). The summed E-state index contributed by atoms with van der Waals surface area (Å²) in [7, 11) is 0. The Hall–Kier alpha value is -3.66. The number of unbranched alkanes of at least 4 members (excludes halogenated alkanes) is 1. The lowest BCUT2D eigenvalue weighted by atomic mass is 9.95. The Balaban J connectivity index is 1.49. The second-order valence-corrected chi connectivity index (χ2v) is 11.7. The molecule has 1 N–H and O–H groups in total. The first-order valence-corrected chi connectivity index (χ1v) is 14.9. The average Bonchev–Trinajstić information content (AvgIpc) is 3.55. The van der Waals surface area contributed by atoms with Gasteiger partial charge in [-0.1, -0.05) is 90.5 Å². The van der Waals surface area contributed by atoms with E-state index in [9.17, 15) is 14.7 Å². The number of Topliss-reactive ketones (excluding diaryl/α,β-unsaturated/α-hetero) is 1. The quantitative estimate of drug-likeness (QED) is 0.0517. The fourth-order valence-electron chi connectivity index (χ4n) is 4.27. The van der Waals surface area contributed by atoms with Gasteiger partial charge in [-0.05, 0) is 53.9 Å². The molecule has 0 saturated carbocycles. The molecule has 0 radical (unpaired) electrons. The van der Waals surface area contributed by atoms with E-state index in [1.165, 1.54) is 28.0 Å². The van der Waals surface area contributed by atoms with Gasteiger partial charge < -0.3 is 9.84 Å². The zero-order valence-electron chi connectivity index (χ0n) is 21.6. The number of aliphatic hydroxyl groups is 1. The molecular formula is C30H26ClN3O4S2. The van der Waals surface area contributed by atoms with Crippen molar-refractivity contribution in [3.05, 3.63) is 106 Å². The van der Waals surface area contributed by atoms with Gasteiger partial charge in [-0.3, -0.25) is 14.5 Å². The lowest BCUT2D eigenvalue weighted by Crippen LogP contribution is -2.29. The molecule has 204 valence electrons. The second-order valence-electron chi connectivity index (χ2n) is 9.07. The van der Waals surface area contributed by atoms with Gasteiger partial charge in [0.2, 0.25) is 5.13 Å². The van der Waals surface area contributed by atoms with E-state index < -0.39 is 17.7 Å². The maximum absolute atomic E-state index is 13.4. The van der Waals surface area contributed by atoms with Crippen LogP contribution in [0.15, 0.2) is 88.8 Å². The zero-order valence-corrected chi connectivity index (χ0v) is 24.0. The number of hydrogen-bond acceptors (Lipinski definition) is 8. The van der Waals surface area contributed by atoms with E-state index in [2.05, 4.69) is 17.1 Å². The maximum Gasteiger partial charge on any atom is 0.301 e. The molecule has 40 heavy (non-hydrogen) atoms. The van der Waals surface area contributed by atoms with Gasteiger partial charge in [0.25, 0.3) is 5.78 Å². The lowest BCUT2D eigenvalue weighted by Gasteiger charge is -2.22. The molecule has 1 aliphatic rings. The van der Waals surface area contributed by atoms with E-state index in [4.69, 9.17) is 16.3 Å². The van der Waals surface area contributed by atoms with Crippen molar-refractivity contribution in [2.75, 3.05) is 11.5 Å². The third-order valence-corrected chi connectivity index (χ3v) is 8.71. The first-order valence-electron chi connectivity index (χ1n) is 12.8. The molecule has 1 aromatic heterocycles. The van der Waals surface area contributed by atoms with Crippen molar-refractivity contribution in [1.29, 1.82) is 0 Å². The summed E-state index contributed by atoms with van der Waals surface area (Å²) < 4.78 is 6.38. The normalized spacial score (nSPS) is 16.4. The van der Waals surface area contributed by atoms with Crippen LogP contribution >= 0.6 is 34.7 Å². The molecule has 1 fully saturated rings. The van der Waals surface area contributed by atoms with E-state index in [0.29, 0.717) is 38.6 Å². The number of nitrogens with zero attached hydrogens (tertiary/aromatic N) is 3. The average molecular weight is 592 g/mol. The first-order chi connectivity index (χ1) is 19.5. The number of amides is 1. The number of anilines is 1. The van der Waals surface area contributed by atoms with Crippen molar-refractivity contribution in [3.8, 4) is 5.75 Å². The molecule has 3 aromatic carbocycles. The molecule has 4 aromatic rings. The highest BCUT2D eigenvalue weighted by atomic mass is 35.5. The van der Waals surface area contributed by atoms with E-state index >= 15 is 0 Å². The van der Waals surface area contributed by atoms with Crippen LogP contribution in [0.1, 0.15) is 42.5 Å². The van der Waals surface area contributed by atoms with Crippen molar-refractivity contribution in [2.45, 2.75) is 35.9 Å².